The van der Waals surface area contributed by atoms with E-state index in [4.69, 9.17) is 4.74 Å². The Morgan fingerprint density at radius 2 is 2.20 bits per heavy atom. The molecule has 0 saturated carbocycles. The number of amides is 1. The Bertz CT molecular complexity index is 549. The lowest BCUT2D eigenvalue weighted by molar-refractivity contribution is -0.142. The highest BCUT2D eigenvalue weighted by Crippen LogP contribution is 2.29. The van der Waals surface area contributed by atoms with Gasteiger partial charge in [0.15, 0.2) is 0 Å². The lowest BCUT2D eigenvalue weighted by atomic mass is 10.1. The van der Waals surface area contributed by atoms with Crippen molar-refractivity contribution in [3.63, 3.8) is 0 Å². The molecular formula is C16H19NO3. The molecular weight excluding hydrogens is 254 g/mol. The topological polar surface area (TPSA) is 46.6 Å². The van der Waals surface area contributed by atoms with E-state index in [9.17, 15) is 9.59 Å². The van der Waals surface area contributed by atoms with Crippen molar-refractivity contribution >= 4 is 23.6 Å². The maximum absolute atomic E-state index is 11.5. The van der Waals surface area contributed by atoms with Crippen LogP contribution in [0, 0.1) is 0 Å². The van der Waals surface area contributed by atoms with Crippen molar-refractivity contribution in [1.82, 2.24) is 0 Å². The van der Waals surface area contributed by atoms with Crippen LogP contribution in [0.5, 0.6) is 0 Å². The van der Waals surface area contributed by atoms with E-state index in [2.05, 4.69) is 6.07 Å². The summed E-state index contributed by atoms with van der Waals surface area (Å²) in [6, 6.07) is 6.00. The van der Waals surface area contributed by atoms with Crippen LogP contribution < -0.4 is 4.90 Å². The molecule has 4 heteroatoms. The van der Waals surface area contributed by atoms with Crippen molar-refractivity contribution in [2.45, 2.75) is 26.7 Å². The monoisotopic (exact) mass is 273 g/mol. The first kappa shape index (κ1) is 14.3. The van der Waals surface area contributed by atoms with Crippen LogP contribution in [0.15, 0.2) is 24.3 Å². The fourth-order valence-electron chi connectivity index (χ4n) is 2.36. The third kappa shape index (κ3) is 3.26. The highest BCUT2D eigenvalue weighted by atomic mass is 16.5. The van der Waals surface area contributed by atoms with Crippen LogP contribution in [0.25, 0.3) is 6.08 Å². The zero-order valence-electron chi connectivity index (χ0n) is 11.9. The zero-order chi connectivity index (χ0) is 14.5. The average molecular weight is 273 g/mol. The molecule has 2 rings (SSSR count). The summed E-state index contributed by atoms with van der Waals surface area (Å²) in [7, 11) is 0. The molecule has 0 aromatic heterocycles. The quantitative estimate of drug-likeness (QED) is 0.792. The summed E-state index contributed by atoms with van der Waals surface area (Å²) in [5.74, 6) is -0.137. The van der Waals surface area contributed by atoms with Gasteiger partial charge in [-0.15, -0.1) is 0 Å². The van der Waals surface area contributed by atoms with Gasteiger partial charge in [-0.2, -0.15) is 0 Å². The average Bonchev–Trinajstić information content (AvgIpc) is 2.82. The molecule has 0 radical (unpaired) electrons. The van der Waals surface area contributed by atoms with E-state index < -0.39 is 0 Å². The first-order valence-corrected chi connectivity index (χ1v) is 6.85. The van der Waals surface area contributed by atoms with E-state index in [0.717, 1.165) is 24.2 Å². The molecule has 0 bridgehead atoms. The Balaban J connectivity index is 2.04. The van der Waals surface area contributed by atoms with Crippen LogP contribution in [0.4, 0.5) is 5.69 Å². The molecule has 4 nitrogen and oxygen atoms in total. The van der Waals surface area contributed by atoms with E-state index in [0.29, 0.717) is 6.61 Å². The molecule has 1 aromatic carbocycles. The number of nitrogens with zero attached hydrogens (tertiary/aromatic N) is 1. The second kappa shape index (κ2) is 6.37. The minimum Gasteiger partial charge on any atom is -0.466 e. The van der Waals surface area contributed by atoms with Crippen molar-refractivity contribution in [2.75, 3.05) is 18.1 Å². The molecule has 0 spiro atoms. The summed E-state index contributed by atoms with van der Waals surface area (Å²) in [6.45, 7) is 4.54. The lowest BCUT2D eigenvalue weighted by Crippen LogP contribution is -2.25. The lowest BCUT2D eigenvalue weighted by Gasteiger charge is -2.14. The summed E-state index contributed by atoms with van der Waals surface area (Å²) >= 11 is 0. The fraction of sp³-hybridized carbons (Fsp3) is 0.375. The van der Waals surface area contributed by atoms with Gasteiger partial charge in [0.1, 0.15) is 0 Å². The van der Waals surface area contributed by atoms with Gasteiger partial charge in [0.2, 0.25) is 5.91 Å². The Kier molecular flexibility index (Phi) is 4.56. The zero-order valence-corrected chi connectivity index (χ0v) is 11.9. The van der Waals surface area contributed by atoms with Crippen LogP contribution in [0.2, 0.25) is 0 Å². The molecule has 0 saturated heterocycles. The Labute approximate surface area is 119 Å². The normalized spacial score (nSPS) is 13.6. The minimum atomic E-state index is -0.215. The van der Waals surface area contributed by atoms with Gasteiger partial charge >= 0.3 is 5.97 Å². The van der Waals surface area contributed by atoms with Crippen molar-refractivity contribution in [3.05, 3.63) is 35.4 Å². The van der Waals surface area contributed by atoms with E-state index in [-0.39, 0.29) is 18.3 Å². The van der Waals surface area contributed by atoms with Crippen LogP contribution in [-0.2, 0) is 20.7 Å². The number of benzene rings is 1. The second-order valence-electron chi connectivity index (χ2n) is 4.72. The van der Waals surface area contributed by atoms with Gasteiger partial charge in [-0.05, 0) is 36.6 Å². The van der Waals surface area contributed by atoms with Gasteiger partial charge in [-0.1, -0.05) is 18.2 Å². The predicted molar refractivity (Wildman–Crippen MR) is 78.5 cm³/mol. The summed E-state index contributed by atoms with van der Waals surface area (Å²) in [5, 5.41) is 0. The molecule has 0 fully saturated rings. The molecule has 1 heterocycles. The summed E-state index contributed by atoms with van der Waals surface area (Å²) in [5.41, 5.74) is 3.22. The van der Waals surface area contributed by atoms with Gasteiger partial charge in [-0.25, -0.2) is 0 Å². The number of carbonyl (C=O) groups excluding carboxylic acids is 2. The summed E-state index contributed by atoms with van der Waals surface area (Å²) in [4.78, 5) is 24.5. The fourth-order valence-corrected chi connectivity index (χ4v) is 2.36. The molecule has 1 amide bonds. The third-order valence-electron chi connectivity index (χ3n) is 3.28. The SMILES string of the molecule is CCOC(=O)CC=Cc1ccc2c(c1)CCN2C(C)=O. The van der Waals surface area contributed by atoms with Gasteiger partial charge in [0.05, 0.1) is 13.0 Å². The number of esters is 1. The van der Waals surface area contributed by atoms with Gasteiger partial charge in [-0.3, -0.25) is 9.59 Å². The van der Waals surface area contributed by atoms with Crippen LogP contribution in [0.1, 0.15) is 31.4 Å². The second-order valence-corrected chi connectivity index (χ2v) is 4.72. The molecule has 0 N–H and O–H groups in total. The van der Waals surface area contributed by atoms with Gasteiger partial charge < -0.3 is 9.64 Å². The molecule has 1 aliphatic heterocycles. The summed E-state index contributed by atoms with van der Waals surface area (Å²) in [6.07, 6.45) is 4.88. The first-order chi connectivity index (χ1) is 9.61. The highest BCUT2D eigenvalue weighted by Gasteiger charge is 2.21. The van der Waals surface area contributed by atoms with Gasteiger partial charge in [0.25, 0.3) is 0 Å². The smallest absolute Gasteiger partial charge is 0.309 e. The molecule has 1 aliphatic rings. The predicted octanol–water partition coefficient (Wildman–Crippen LogP) is 2.56. The van der Waals surface area contributed by atoms with E-state index >= 15 is 0 Å². The largest absolute Gasteiger partial charge is 0.466 e. The minimum absolute atomic E-state index is 0.0781. The van der Waals surface area contributed by atoms with Crippen molar-refractivity contribution in [2.24, 2.45) is 0 Å². The third-order valence-corrected chi connectivity index (χ3v) is 3.28. The van der Waals surface area contributed by atoms with E-state index in [1.807, 2.05) is 18.2 Å². The van der Waals surface area contributed by atoms with E-state index in [1.165, 1.54) is 5.56 Å². The molecule has 0 atom stereocenters. The number of carbonyl (C=O) groups is 2. The number of hydrogen-bond donors (Lipinski definition) is 0. The number of rotatable bonds is 4. The molecule has 0 unspecified atom stereocenters. The van der Waals surface area contributed by atoms with Crippen LogP contribution in [-0.4, -0.2) is 25.0 Å². The number of fused-ring (bicyclic) bond motifs is 1. The highest BCUT2D eigenvalue weighted by molar-refractivity contribution is 5.94. The maximum Gasteiger partial charge on any atom is 0.309 e. The molecule has 20 heavy (non-hydrogen) atoms. The Morgan fingerprint density at radius 3 is 2.90 bits per heavy atom. The Morgan fingerprint density at radius 1 is 1.40 bits per heavy atom. The van der Waals surface area contributed by atoms with Crippen molar-refractivity contribution in [3.8, 4) is 0 Å². The molecule has 1 aromatic rings. The number of hydrogen-bond acceptors (Lipinski definition) is 3. The van der Waals surface area contributed by atoms with Crippen LogP contribution >= 0.6 is 0 Å². The maximum atomic E-state index is 11.5. The Hall–Kier alpha value is -2.10. The first-order valence-electron chi connectivity index (χ1n) is 6.85. The molecule has 106 valence electrons. The van der Waals surface area contributed by atoms with Crippen molar-refractivity contribution in [1.29, 1.82) is 0 Å². The molecule has 0 aliphatic carbocycles. The van der Waals surface area contributed by atoms with E-state index in [1.54, 1.807) is 24.8 Å². The van der Waals surface area contributed by atoms with Crippen molar-refractivity contribution < 1.29 is 14.3 Å². The number of ether oxygens (including phenoxy) is 1. The summed E-state index contributed by atoms with van der Waals surface area (Å²) < 4.78 is 4.86. The van der Waals surface area contributed by atoms with Crippen LogP contribution in [0.3, 0.4) is 0 Å². The van der Waals surface area contributed by atoms with Gasteiger partial charge in [0, 0.05) is 19.2 Å². The number of anilines is 1. The standard InChI is InChI=1S/C16H19NO3/c1-3-20-16(19)6-4-5-13-7-8-15-14(11-13)9-10-17(15)12(2)18/h4-5,7-8,11H,3,6,9-10H2,1-2H3.